The first kappa shape index (κ1) is 23.9. The van der Waals surface area contributed by atoms with Gasteiger partial charge in [0.05, 0.1) is 35.9 Å². The molecule has 0 spiro atoms. The lowest BCUT2D eigenvalue weighted by Crippen LogP contribution is -2.18. The van der Waals surface area contributed by atoms with Crippen molar-refractivity contribution in [3.63, 3.8) is 0 Å². The third kappa shape index (κ3) is 5.95. The van der Waals surface area contributed by atoms with Gasteiger partial charge in [-0.25, -0.2) is 4.68 Å². The topological polar surface area (TPSA) is 114 Å². The van der Waals surface area contributed by atoms with E-state index in [0.29, 0.717) is 16.3 Å². The summed E-state index contributed by atoms with van der Waals surface area (Å²) in [6.45, 7) is 2.54. The number of hydrogen-bond donors (Lipinski definition) is 0. The molecule has 0 fully saturated rings. The first-order chi connectivity index (χ1) is 15.8. The summed E-state index contributed by atoms with van der Waals surface area (Å²) in [5.74, 6) is -2.04. The molecule has 1 heterocycles. The van der Waals surface area contributed by atoms with Crippen LogP contribution in [0.3, 0.4) is 0 Å². The van der Waals surface area contributed by atoms with Gasteiger partial charge in [0.25, 0.3) is 0 Å². The number of hydrogen-bond acceptors (Lipinski definition) is 7. The van der Waals surface area contributed by atoms with Crippen LogP contribution in [-0.4, -0.2) is 39.8 Å². The largest absolute Gasteiger partial charge is 0.466 e. The summed E-state index contributed by atoms with van der Waals surface area (Å²) in [5, 5.41) is 16.6. The van der Waals surface area contributed by atoms with Gasteiger partial charge in [0, 0.05) is 16.9 Å². The normalized spacial score (nSPS) is 11.6. The Kier molecular flexibility index (Phi) is 7.78. The van der Waals surface area contributed by atoms with E-state index in [1.54, 1.807) is 55.5 Å². The summed E-state index contributed by atoms with van der Waals surface area (Å²) in [5.41, 5.74) is 1.60. The van der Waals surface area contributed by atoms with E-state index < -0.39 is 29.3 Å². The van der Waals surface area contributed by atoms with Gasteiger partial charge in [0.1, 0.15) is 0 Å². The van der Waals surface area contributed by atoms with Crippen LogP contribution in [0, 0.1) is 10.1 Å². The van der Waals surface area contributed by atoms with Crippen LogP contribution in [0.15, 0.2) is 54.6 Å². The van der Waals surface area contributed by atoms with Crippen LogP contribution >= 0.6 is 11.6 Å². The van der Waals surface area contributed by atoms with E-state index in [1.165, 1.54) is 11.6 Å². The lowest BCUT2D eigenvalue weighted by atomic mass is 9.90. The van der Waals surface area contributed by atoms with Crippen molar-refractivity contribution in [2.24, 2.45) is 0 Å². The highest BCUT2D eigenvalue weighted by molar-refractivity contribution is 6.30. The summed E-state index contributed by atoms with van der Waals surface area (Å²) in [6, 6.07) is 15.4. The van der Waals surface area contributed by atoms with Gasteiger partial charge in [-0.2, -0.15) is 5.10 Å². The number of halogens is 1. The van der Waals surface area contributed by atoms with Gasteiger partial charge in [-0.15, -0.1) is 0 Å². The van der Waals surface area contributed by atoms with Crippen molar-refractivity contribution in [2.75, 3.05) is 13.2 Å². The van der Waals surface area contributed by atoms with Gasteiger partial charge in [-0.3, -0.25) is 19.7 Å². The second-order valence-corrected chi connectivity index (χ2v) is 7.54. The molecule has 2 aromatic carbocycles. The third-order valence-electron chi connectivity index (χ3n) is 4.77. The van der Waals surface area contributed by atoms with Gasteiger partial charge in [0.2, 0.25) is 12.4 Å². The van der Waals surface area contributed by atoms with E-state index in [4.69, 9.17) is 21.1 Å². The number of nitro groups is 1. The molecule has 0 aliphatic carbocycles. The molecule has 0 bridgehead atoms. The summed E-state index contributed by atoms with van der Waals surface area (Å²) in [7, 11) is 0. The average molecular weight is 472 g/mol. The minimum absolute atomic E-state index is 0.00907. The maximum Gasteiger partial charge on any atom is 0.311 e. The van der Waals surface area contributed by atoms with Crippen molar-refractivity contribution < 1.29 is 24.0 Å². The quantitative estimate of drug-likeness (QED) is 0.263. The molecule has 0 saturated carbocycles. The second kappa shape index (κ2) is 10.7. The molecule has 3 rings (SSSR count). The number of rotatable bonds is 9. The zero-order valence-corrected chi connectivity index (χ0v) is 18.8. The molecule has 0 N–H and O–H groups in total. The fourth-order valence-corrected chi connectivity index (χ4v) is 3.60. The zero-order valence-electron chi connectivity index (χ0n) is 18.1. The predicted octanol–water partition coefficient (Wildman–Crippen LogP) is 3.97. The van der Waals surface area contributed by atoms with Gasteiger partial charge in [0.15, 0.2) is 0 Å². The highest BCUT2D eigenvalue weighted by atomic mass is 35.5. The van der Waals surface area contributed by atoms with Crippen LogP contribution in [0.1, 0.15) is 36.6 Å². The Bertz CT molecular complexity index is 1150. The molecular weight excluding hydrogens is 450 g/mol. The Labute approximate surface area is 195 Å². The van der Waals surface area contributed by atoms with Crippen LogP contribution in [-0.2, 0) is 20.7 Å². The maximum absolute atomic E-state index is 12.3. The average Bonchev–Trinajstić information content (AvgIpc) is 3.10. The molecule has 10 heteroatoms. The molecule has 172 valence electrons. The molecular formula is C23H22ClN3O6. The molecule has 0 radical (unpaired) electrons. The smallest absolute Gasteiger partial charge is 0.311 e. The predicted molar refractivity (Wildman–Crippen MR) is 120 cm³/mol. The molecule has 0 unspecified atom stereocenters. The Morgan fingerprint density at radius 3 is 2.39 bits per heavy atom. The van der Waals surface area contributed by atoms with Crippen molar-refractivity contribution in [1.82, 2.24) is 9.78 Å². The van der Waals surface area contributed by atoms with Crippen LogP contribution in [0.4, 0.5) is 0 Å². The molecule has 9 nitrogen and oxygen atoms in total. The highest BCUT2D eigenvalue weighted by Gasteiger charge is 2.33. The monoisotopic (exact) mass is 471 g/mol. The number of para-hydroxylation sites is 1. The van der Waals surface area contributed by atoms with Crippen LogP contribution in [0.25, 0.3) is 5.69 Å². The molecule has 1 atom stereocenters. The van der Waals surface area contributed by atoms with Crippen molar-refractivity contribution in [2.45, 2.75) is 26.2 Å². The Hall–Kier alpha value is -3.72. The van der Waals surface area contributed by atoms with E-state index in [2.05, 4.69) is 5.10 Å². The molecule has 33 heavy (non-hydrogen) atoms. The van der Waals surface area contributed by atoms with Gasteiger partial charge in [-0.05, 0) is 36.8 Å². The number of carbonyl (C=O) groups is 2. The number of benzene rings is 2. The van der Waals surface area contributed by atoms with E-state index >= 15 is 0 Å². The first-order valence-electron chi connectivity index (χ1n) is 10.2. The van der Waals surface area contributed by atoms with Crippen LogP contribution in [0.5, 0.6) is 5.88 Å². The number of nitrogens with zero attached hydrogens (tertiary/aromatic N) is 3. The van der Waals surface area contributed by atoms with Crippen molar-refractivity contribution >= 4 is 23.5 Å². The van der Waals surface area contributed by atoms with E-state index in [0.717, 1.165) is 0 Å². The standard InChI is InChI=1S/C23H22ClN3O6/c1-3-32-21(29)13-20-22(19(14-26(30)31)16-9-11-17(24)12-10-16)23(33-15(2)28)27(25-20)18-7-5-4-6-8-18/h4-12,19H,3,13-14H2,1-2H3/t19-/m1/s1. The Morgan fingerprint density at radius 2 is 1.82 bits per heavy atom. The highest BCUT2D eigenvalue weighted by Crippen LogP contribution is 2.37. The molecule has 1 aromatic heterocycles. The lowest BCUT2D eigenvalue weighted by Gasteiger charge is -2.16. The number of ether oxygens (including phenoxy) is 2. The fourth-order valence-electron chi connectivity index (χ4n) is 3.47. The molecule has 0 aliphatic heterocycles. The first-order valence-corrected chi connectivity index (χ1v) is 10.6. The van der Waals surface area contributed by atoms with Crippen LogP contribution < -0.4 is 4.74 Å². The minimum Gasteiger partial charge on any atom is -0.466 e. The van der Waals surface area contributed by atoms with Crippen molar-refractivity contribution in [1.29, 1.82) is 0 Å². The fraction of sp³-hybridized carbons (Fsp3) is 0.261. The summed E-state index contributed by atoms with van der Waals surface area (Å²) < 4.78 is 12.0. The zero-order chi connectivity index (χ0) is 24.0. The van der Waals surface area contributed by atoms with Crippen molar-refractivity contribution in [3.8, 4) is 11.6 Å². The molecule has 0 amide bonds. The van der Waals surface area contributed by atoms with E-state index in [-0.39, 0.29) is 30.2 Å². The van der Waals surface area contributed by atoms with Crippen LogP contribution in [0.2, 0.25) is 5.02 Å². The lowest BCUT2D eigenvalue weighted by molar-refractivity contribution is -0.481. The Balaban J connectivity index is 2.28. The van der Waals surface area contributed by atoms with E-state index in [9.17, 15) is 19.7 Å². The minimum atomic E-state index is -0.867. The SMILES string of the molecule is CCOC(=O)Cc1nn(-c2ccccc2)c(OC(C)=O)c1[C@H](C[N+](=O)[O-])c1ccc(Cl)cc1. The van der Waals surface area contributed by atoms with Gasteiger partial charge < -0.3 is 9.47 Å². The molecule has 0 saturated heterocycles. The number of esters is 2. The van der Waals surface area contributed by atoms with Crippen molar-refractivity contribution in [3.05, 3.63) is 86.6 Å². The molecule has 3 aromatic rings. The Morgan fingerprint density at radius 1 is 1.15 bits per heavy atom. The molecule has 0 aliphatic rings. The number of carbonyl (C=O) groups excluding carboxylic acids is 2. The summed E-state index contributed by atoms with van der Waals surface area (Å²) >= 11 is 6.01. The maximum atomic E-state index is 12.3. The summed E-state index contributed by atoms with van der Waals surface area (Å²) in [4.78, 5) is 35.5. The second-order valence-electron chi connectivity index (χ2n) is 7.11. The summed E-state index contributed by atoms with van der Waals surface area (Å²) in [6.07, 6.45) is -0.251. The van der Waals surface area contributed by atoms with E-state index in [1.807, 2.05) is 6.07 Å². The third-order valence-corrected chi connectivity index (χ3v) is 5.02. The number of aromatic nitrogens is 2. The van der Waals surface area contributed by atoms with Gasteiger partial charge in [-0.1, -0.05) is 41.9 Å². The van der Waals surface area contributed by atoms with Gasteiger partial charge >= 0.3 is 11.9 Å².